The van der Waals surface area contributed by atoms with Crippen molar-refractivity contribution in [3.8, 4) is 0 Å². The van der Waals surface area contributed by atoms with Crippen molar-refractivity contribution in [2.75, 3.05) is 0 Å². The van der Waals surface area contributed by atoms with E-state index in [1.54, 1.807) is 0 Å². The van der Waals surface area contributed by atoms with Gasteiger partial charge in [0.05, 0.1) is 0 Å². The second-order valence-corrected chi connectivity index (χ2v) is 5.48. The number of ketones is 1. The zero-order valence-corrected chi connectivity index (χ0v) is 12.2. The van der Waals surface area contributed by atoms with Gasteiger partial charge in [-0.3, -0.25) is 4.79 Å². The number of carbonyl (C=O) groups excluding carboxylic acids is 1. The van der Waals surface area contributed by atoms with Gasteiger partial charge in [-0.25, -0.2) is 0 Å². The highest BCUT2D eigenvalue weighted by Crippen LogP contribution is 2.23. The third-order valence-electron chi connectivity index (χ3n) is 2.44. The lowest BCUT2D eigenvalue weighted by atomic mass is 10.0. The van der Waals surface area contributed by atoms with Crippen LogP contribution in [-0.2, 0) is 6.42 Å². The molecule has 0 heterocycles. The second kappa shape index (κ2) is 5.61. The molecule has 0 aromatic heterocycles. The van der Waals surface area contributed by atoms with Gasteiger partial charge in [0, 0.05) is 20.9 Å². The first-order valence-electron chi connectivity index (χ1n) is 5.19. The fourth-order valence-electron chi connectivity index (χ4n) is 1.59. The van der Waals surface area contributed by atoms with Crippen LogP contribution in [0.4, 0.5) is 0 Å². The Morgan fingerprint density at radius 3 is 2.35 bits per heavy atom. The van der Waals surface area contributed by atoms with E-state index in [1.165, 1.54) is 0 Å². The van der Waals surface area contributed by atoms with Crippen molar-refractivity contribution in [1.29, 1.82) is 0 Å². The van der Waals surface area contributed by atoms with Gasteiger partial charge in [-0.1, -0.05) is 62.2 Å². The second-order valence-electron chi connectivity index (χ2n) is 3.71. The summed E-state index contributed by atoms with van der Waals surface area (Å²) in [4.78, 5) is 12.1. The summed E-state index contributed by atoms with van der Waals surface area (Å²) in [6, 6.07) is 15.4. The fourth-order valence-corrected chi connectivity index (χ4v) is 2.86. The van der Waals surface area contributed by atoms with E-state index in [4.69, 9.17) is 0 Å². The van der Waals surface area contributed by atoms with Crippen LogP contribution in [0, 0.1) is 0 Å². The average molecular weight is 354 g/mol. The topological polar surface area (TPSA) is 17.1 Å². The molecule has 86 valence electrons. The number of rotatable bonds is 3. The van der Waals surface area contributed by atoms with Crippen molar-refractivity contribution in [2.45, 2.75) is 6.42 Å². The highest BCUT2D eigenvalue weighted by atomic mass is 79.9. The van der Waals surface area contributed by atoms with Crippen molar-refractivity contribution in [1.82, 2.24) is 0 Å². The van der Waals surface area contributed by atoms with Crippen LogP contribution in [0.5, 0.6) is 0 Å². The molecule has 1 nitrogen and oxygen atoms in total. The molecule has 3 heteroatoms. The minimum Gasteiger partial charge on any atom is -0.294 e. The Balaban J connectivity index is 2.21. The van der Waals surface area contributed by atoms with Crippen molar-refractivity contribution in [3.05, 3.63) is 68.6 Å². The maximum Gasteiger partial charge on any atom is 0.168 e. The predicted octanol–water partition coefficient (Wildman–Crippen LogP) is 4.64. The van der Waals surface area contributed by atoms with Crippen LogP contribution >= 0.6 is 31.9 Å². The van der Waals surface area contributed by atoms with Gasteiger partial charge >= 0.3 is 0 Å². The van der Waals surface area contributed by atoms with Gasteiger partial charge < -0.3 is 0 Å². The lowest BCUT2D eigenvalue weighted by molar-refractivity contribution is 0.0992. The fraction of sp³-hybridized carbons (Fsp3) is 0.0714. The summed E-state index contributed by atoms with van der Waals surface area (Å²) in [5, 5.41) is 0. The molecule has 0 fully saturated rings. The SMILES string of the molecule is O=C(Cc1ccccc1)c1ccc(Br)cc1Br. The Hall–Kier alpha value is -0.930. The predicted molar refractivity (Wildman–Crippen MR) is 76.3 cm³/mol. The van der Waals surface area contributed by atoms with E-state index in [0.717, 1.165) is 20.1 Å². The molecule has 17 heavy (non-hydrogen) atoms. The molecule has 2 aromatic carbocycles. The molecule has 0 radical (unpaired) electrons. The van der Waals surface area contributed by atoms with Crippen molar-refractivity contribution >= 4 is 37.6 Å². The van der Waals surface area contributed by atoms with Gasteiger partial charge in [0.2, 0.25) is 0 Å². The number of hydrogen-bond acceptors (Lipinski definition) is 1. The van der Waals surface area contributed by atoms with Gasteiger partial charge in [0.1, 0.15) is 0 Å². The van der Waals surface area contributed by atoms with E-state index in [0.29, 0.717) is 6.42 Å². The number of halogens is 2. The molecule has 0 unspecified atom stereocenters. The third kappa shape index (κ3) is 3.27. The summed E-state index contributed by atoms with van der Waals surface area (Å²) >= 11 is 6.78. The van der Waals surface area contributed by atoms with Gasteiger partial charge in [-0.15, -0.1) is 0 Å². The monoisotopic (exact) mass is 352 g/mol. The Bertz CT molecular complexity index is 535. The van der Waals surface area contributed by atoms with Crippen LogP contribution in [0.1, 0.15) is 15.9 Å². The maximum absolute atomic E-state index is 12.1. The third-order valence-corrected chi connectivity index (χ3v) is 3.59. The van der Waals surface area contributed by atoms with Crippen LogP contribution in [0.3, 0.4) is 0 Å². The summed E-state index contributed by atoms with van der Waals surface area (Å²) in [5.74, 6) is 0.121. The molecule has 0 N–H and O–H groups in total. The summed E-state index contributed by atoms with van der Waals surface area (Å²) < 4.78 is 1.79. The van der Waals surface area contributed by atoms with Crippen LogP contribution in [0.25, 0.3) is 0 Å². The zero-order chi connectivity index (χ0) is 12.3. The number of benzene rings is 2. The van der Waals surface area contributed by atoms with E-state index in [-0.39, 0.29) is 5.78 Å². The molecular weight excluding hydrogens is 344 g/mol. The minimum atomic E-state index is 0.121. The lowest BCUT2D eigenvalue weighted by Gasteiger charge is -2.04. The van der Waals surface area contributed by atoms with Crippen molar-refractivity contribution < 1.29 is 4.79 Å². The molecule has 0 saturated heterocycles. The Kier molecular flexibility index (Phi) is 4.13. The van der Waals surface area contributed by atoms with E-state index < -0.39 is 0 Å². The minimum absolute atomic E-state index is 0.121. The highest BCUT2D eigenvalue weighted by molar-refractivity contribution is 9.11. The average Bonchev–Trinajstić information content (AvgIpc) is 2.30. The lowest BCUT2D eigenvalue weighted by Crippen LogP contribution is -2.04. The van der Waals surface area contributed by atoms with Gasteiger partial charge in [-0.05, 0) is 23.8 Å². The first-order valence-corrected chi connectivity index (χ1v) is 6.77. The van der Waals surface area contributed by atoms with Gasteiger partial charge in [0.15, 0.2) is 5.78 Å². The maximum atomic E-state index is 12.1. The van der Waals surface area contributed by atoms with Crippen LogP contribution in [-0.4, -0.2) is 5.78 Å². The first-order chi connectivity index (χ1) is 8.16. The summed E-state index contributed by atoms with van der Waals surface area (Å²) in [5.41, 5.74) is 1.75. The Morgan fingerprint density at radius 1 is 1.00 bits per heavy atom. The number of carbonyl (C=O) groups is 1. The van der Waals surface area contributed by atoms with E-state index >= 15 is 0 Å². The standard InChI is InChI=1S/C14H10Br2O/c15-11-6-7-12(13(16)9-11)14(17)8-10-4-2-1-3-5-10/h1-7,9H,8H2. The largest absolute Gasteiger partial charge is 0.294 e. The zero-order valence-electron chi connectivity index (χ0n) is 8.99. The number of Topliss-reactive ketones (excluding diaryl/α,β-unsaturated/α-hetero) is 1. The highest BCUT2D eigenvalue weighted by Gasteiger charge is 2.10. The van der Waals surface area contributed by atoms with Crippen molar-refractivity contribution in [3.63, 3.8) is 0 Å². The molecule has 2 rings (SSSR count). The van der Waals surface area contributed by atoms with Crippen LogP contribution < -0.4 is 0 Å². The molecule has 0 saturated carbocycles. The molecular formula is C14H10Br2O. The molecule has 0 aliphatic carbocycles. The first kappa shape index (κ1) is 12.5. The number of hydrogen-bond donors (Lipinski definition) is 0. The molecule has 0 amide bonds. The Morgan fingerprint density at radius 2 is 1.71 bits per heavy atom. The quantitative estimate of drug-likeness (QED) is 0.735. The normalized spacial score (nSPS) is 10.2. The molecule has 0 atom stereocenters. The van der Waals surface area contributed by atoms with Crippen LogP contribution in [0.2, 0.25) is 0 Å². The molecule has 0 spiro atoms. The smallest absolute Gasteiger partial charge is 0.168 e. The summed E-state index contributed by atoms with van der Waals surface area (Å²) in [6.07, 6.45) is 0.432. The molecule has 0 aliphatic rings. The summed E-state index contributed by atoms with van der Waals surface area (Å²) in [7, 11) is 0. The van der Waals surface area contributed by atoms with Crippen molar-refractivity contribution in [2.24, 2.45) is 0 Å². The Labute approximate surface area is 117 Å². The van der Waals surface area contributed by atoms with E-state index in [1.807, 2.05) is 48.5 Å². The molecule has 2 aromatic rings. The van der Waals surface area contributed by atoms with Gasteiger partial charge in [0.25, 0.3) is 0 Å². The van der Waals surface area contributed by atoms with Gasteiger partial charge in [-0.2, -0.15) is 0 Å². The van der Waals surface area contributed by atoms with Crippen LogP contribution in [0.15, 0.2) is 57.5 Å². The van der Waals surface area contributed by atoms with E-state index in [9.17, 15) is 4.79 Å². The molecule has 0 aliphatic heterocycles. The summed E-state index contributed by atoms with van der Waals surface area (Å²) in [6.45, 7) is 0. The van der Waals surface area contributed by atoms with E-state index in [2.05, 4.69) is 31.9 Å². The molecule has 0 bridgehead atoms.